The third-order valence-electron chi connectivity index (χ3n) is 1.93. The Balaban J connectivity index is 3.26. The quantitative estimate of drug-likeness (QED) is 0.390. The van der Waals surface area contributed by atoms with E-state index in [2.05, 4.69) is 5.32 Å². The number of hydrogen-bond donors (Lipinski definition) is 1. The van der Waals surface area contributed by atoms with E-state index >= 15 is 0 Å². The van der Waals surface area contributed by atoms with Gasteiger partial charge in [-0.05, 0) is 12.1 Å². The van der Waals surface area contributed by atoms with E-state index in [4.69, 9.17) is 15.4 Å². The lowest BCUT2D eigenvalue weighted by Gasteiger charge is -2.05. The zero-order valence-corrected chi connectivity index (χ0v) is 11.3. The fourth-order valence-electron chi connectivity index (χ4n) is 1.15. The highest BCUT2D eigenvalue weighted by Crippen LogP contribution is 2.28. The first kappa shape index (κ1) is 13.8. The van der Waals surface area contributed by atoms with Crippen molar-refractivity contribution >= 4 is 31.8 Å². The van der Waals surface area contributed by atoms with E-state index in [1.54, 1.807) is 23.0 Å². The van der Waals surface area contributed by atoms with Crippen molar-refractivity contribution in [2.45, 2.75) is 4.90 Å². The lowest BCUT2D eigenvalue weighted by atomic mass is 10.3. The van der Waals surface area contributed by atoms with Crippen LogP contribution >= 0.6 is 10.7 Å². The Kier molecular flexibility index (Phi) is 4.36. The van der Waals surface area contributed by atoms with Crippen molar-refractivity contribution in [3.63, 3.8) is 0 Å². The molecule has 0 saturated heterocycles. The molecule has 0 fully saturated rings. The number of nitrogens with zero attached hydrogens (tertiary/aromatic N) is 1. The number of methoxy groups -OCH3 is 1. The van der Waals surface area contributed by atoms with Crippen LogP contribution in [0.1, 0.15) is 0 Å². The summed E-state index contributed by atoms with van der Waals surface area (Å²) >= 11 is 0. The summed E-state index contributed by atoms with van der Waals surface area (Å²) in [4.78, 5) is -0.0170. The first-order valence-corrected chi connectivity index (χ1v) is 7.04. The van der Waals surface area contributed by atoms with E-state index in [0.717, 1.165) is 0 Å². The second-order valence-electron chi connectivity index (χ2n) is 3.54. The summed E-state index contributed by atoms with van der Waals surface area (Å²) in [7, 11) is 6.61. The maximum atomic E-state index is 11.4. The van der Waals surface area contributed by atoms with Gasteiger partial charge in [0.2, 0.25) is 6.34 Å². The number of halogens is 1. The van der Waals surface area contributed by atoms with E-state index in [-0.39, 0.29) is 4.90 Å². The van der Waals surface area contributed by atoms with Gasteiger partial charge in [-0.1, -0.05) is 0 Å². The molecule has 1 aromatic carbocycles. The summed E-state index contributed by atoms with van der Waals surface area (Å²) < 4.78 is 29.5. The van der Waals surface area contributed by atoms with Crippen LogP contribution in [0.15, 0.2) is 23.1 Å². The smallest absolute Gasteiger partial charge is 0.265 e. The Hall–Kier alpha value is -1.27. The molecule has 94 valence electrons. The van der Waals surface area contributed by atoms with E-state index in [0.29, 0.717) is 11.4 Å². The second-order valence-corrected chi connectivity index (χ2v) is 6.07. The van der Waals surface area contributed by atoms with Gasteiger partial charge in [-0.15, -0.1) is 0 Å². The van der Waals surface area contributed by atoms with Gasteiger partial charge in [0, 0.05) is 16.7 Å². The highest BCUT2D eigenvalue weighted by molar-refractivity contribution is 8.13. The van der Waals surface area contributed by atoms with Crippen molar-refractivity contribution in [2.24, 2.45) is 0 Å². The van der Waals surface area contributed by atoms with Gasteiger partial charge in [-0.25, -0.2) is 13.7 Å². The first-order valence-electron chi connectivity index (χ1n) is 4.73. The molecular weight excluding hydrogens is 264 g/mol. The first-order chi connectivity index (χ1) is 7.84. The molecule has 0 atom stereocenters. The van der Waals surface area contributed by atoms with Crippen LogP contribution in [-0.4, -0.2) is 40.5 Å². The molecule has 0 aromatic heterocycles. The fraction of sp³-hybridized carbons (Fsp3) is 0.300. The molecule has 7 heteroatoms. The molecule has 1 N–H and O–H groups in total. The van der Waals surface area contributed by atoms with E-state index in [9.17, 15) is 8.42 Å². The average Bonchev–Trinajstić information content (AvgIpc) is 2.24. The topological polar surface area (TPSA) is 58.4 Å². The Morgan fingerprint density at radius 2 is 2.06 bits per heavy atom. The van der Waals surface area contributed by atoms with Crippen LogP contribution in [0.25, 0.3) is 0 Å². The molecule has 1 rings (SSSR count). The van der Waals surface area contributed by atoms with E-state index in [1.807, 2.05) is 14.1 Å². The summed E-state index contributed by atoms with van der Waals surface area (Å²) in [6.07, 6.45) is 1.62. The number of anilines is 1. The van der Waals surface area contributed by atoms with Crippen LogP contribution < -0.4 is 10.1 Å². The van der Waals surface area contributed by atoms with Crippen molar-refractivity contribution in [1.82, 2.24) is 0 Å². The summed E-state index contributed by atoms with van der Waals surface area (Å²) in [5.41, 5.74) is 0.398. The van der Waals surface area contributed by atoms with Crippen molar-refractivity contribution in [3.8, 4) is 5.75 Å². The highest BCUT2D eigenvalue weighted by Gasteiger charge is 2.19. The number of nitrogens with one attached hydrogen (secondary N) is 1. The van der Waals surface area contributed by atoms with Crippen LogP contribution in [0.5, 0.6) is 5.75 Å². The minimum absolute atomic E-state index is 0.0170. The summed E-state index contributed by atoms with van der Waals surface area (Å²) in [6, 6.07) is 4.61. The molecule has 17 heavy (non-hydrogen) atoms. The predicted octanol–water partition coefficient (Wildman–Crippen LogP) is 1.33. The maximum Gasteiger partial charge on any atom is 0.265 e. The van der Waals surface area contributed by atoms with Gasteiger partial charge in [-0.3, -0.25) is 4.58 Å². The van der Waals surface area contributed by atoms with Crippen LogP contribution in [0.3, 0.4) is 0 Å². The van der Waals surface area contributed by atoms with Crippen molar-refractivity contribution in [1.29, 1.82) is 0 Å². The number of benzene rings is 1. The monoisotopic (exact) mass is 277 g/mol. The van der Waals surface area contributed by atoms with Crippen molar-refractivity contribution in [2.75, 3.05) is 26.5 Å². The van der Waals surface area contributed by atoms with Gasteiger partial charge < -0.3 is 4.74 Å². The Morgan fingerprint density at radius 1 is 1.41 bits per heavy atom. The lowest BCUT2D eigenvalue weighted by molar-refractivity contribution is -0.459. The Bertz CT molecular complexity index is 536. The molecule has 0 amide bonds. The molecule has 5 nitrogen and oxygen atoms in total. The van der Waals surface area contributed by atoms with Gasteiger partial charge in [0.15, 0.2) is 0 Å². The molecule has 0 bridgehead atoms. The van der Waals surface area contributed by atoms with E-state index in [1.165, 1.54) is 13.2 Å². The standard InChI is InChI=1S/C10H13ClN2O3S/c1-13(2)7-12-9-5-4-8(16-3)6-10(9)17(11,14)15/h4-7H,1-3H3/p+1. The summed E-state index contributed by atoms with van der Waals surface area (Å²) in [5, 5.41) is 2.85. The number of hydrogen-bond acceptors (Lipinski definition) is 3. The minimum atomic E-state index is -3.82. The highest BCUT2D eigenvalue weighted by atomic mass is 35.7. The molecular formula is C10H14ClN2O3S+. The average molecular weight is 278 g/mol. The number of rotatable bonds is 4. The van der Waals surface area contributed by atoms with Gasteiger partial charge in [-0.2, -0.15) is 0 Å². The molecule has 0 spiro atoms. The van der Waals surface area contributed by atoms with Crippen molar-refractivity contribution < 1.29 is 17.7 Å². The van der Waals surface area contributed by atoms with Gasteiger partial charge in [0.1, 0.15) is 16.3 Å². The Labute approximate surface area is 105 Å². The normalized spacial score (nSPS) is 10.8. The number of ether oxygens (including phenoxy) is 1. The fourth-order valence-corrected chi connectivity index (χ4v) is 2.18. The van der Waals surface area contributed by atoms with Crippen LogP contribution in [-0.2, 0) is 9.05 Å². The maximum absolute atomic E-state index is 11.4. The minimum Gasteiger partial charge on any atom is -0.497 e. The van der Waals surface area contributed by atoms with Crippen molar-refractivity contribution in [3.05, 3.63) is 18.2 Å². The zero-order chi connectivity index (χ0) is 13.1. The van der Waals surface area contributed by atoms with Crippen LogP contribution in [0.4, 0.5) is 5.69 Å². The SMILES string of the molecule is COc1ccc(NC=[N+](C)C)c(S(=O)(=O)Cl)c1. The lowest BCUT2D eigenvalue weighted by Crippen LogP contribution is -2.09. The third-order valence-corrected chi connectivity index (χ3v) is 3.29. The predicted molar refractivity (Wildman–Crippen MR) is 67.8 cm³/mol. The largest absolute Gasteiger partial charge is 0.497 e. The van der Waals surface area contributed by atoms with E-state index < -0.39 is 9.05 Å². The zero-order valence-electron chi connectivity index (χ0n) is 9.77. The molecule has 1 aromatic rings. The van der Waals surface area contributed by atoms with Crippen LogP contribution in [0.2, 0.25) is 0 Å². The Morgan fingerprint density at radius 3 is 2.53 bits per heavy atom. The summed E-state index contributed by atoms with van der Waals surface area (Å²) in [5.74, 6) is 0.430. The molecule has 0 saturated carbocycles. The van der Waals surface area contributed by atoms with Crippen LogP contribution in [0, 0.1) is 0 Å². The molecule has 0 aliphatic carbocycles. The molecule has 0 aliphatic heterocycles. The van der Waals surface area contributed by atoms with Gasteiger partial charge in [0.25, 0.3) is 9.05 Å². The van der Waals surface area contributed by atoms with Gasteiger partial charge >= 0.3 is 0 Å². The van der Waals surface area contributed by atoms with Gasteiger partial charge in [0.05, 0.1) is 21.2 Å². The second kappa shape index (κ2) is 5.37. The molecule has 0 heterocycles. The molecule has 0 radical (unpaired) electrons. The third kappa shape index (κ3) is 3.90. The molecule has 0 aliphatic rings. The molecule has 0 unspecified atom stereocenters. The summed E-state index contributed by atoms with van der Waals surface area (Å²) in [6.45, 7) is 0.